The fourth-order valence-corrected chi connectivity index (χ4v) is 2.82. The van der Waals surface area contributed by atoms with E-state index >= 15 is 0 Å². The predicted molar refractivity (Wildman–Crippen MR) is 69.0 cm³/mol. The third-order valence-corrected chi connectivity index (χ3v) is 4.01. The number of carbonyl (C=O) groups excluding carboxylic acids is 1. The zero-order chi connectivity index (χ0) is 12.0. The second kappa shape index (κ2) is 3.39. The summed E-state index contributed by atoms with van der Waals surface area (Å²) in [5, 5.41) is 3.04. The minimum Gasteiger partial charge on any atom is -0.399 e. The molecule has 3 rings (SSSR count). The summed E-state index contributed by atoms with van der Waals surface area (Å²) in [5.41, 5.74) is 8.24. The fourth-order valence-electron chi connectivity index (χ4n) is 2.82. The molecule has 0 saturated heterocycles. The molecule has 1 spiro atoms. The van der Waals surface area contributed by atoms with Crippen molar-refractivity contribution < 1.29 is 4.79 Å². The van der Waals surface area contributed by atoms with Gasteiger partial charge < -0.3 is 16.0 Å². The molecule has 0 atom stereocenters. The van der Waals surface area contributed by atoms with Crippen molar-refractivity contribution >= 4 is 23.0 Å². The van der Waals surface area contributed by atoms with E-state index in [0.717, 1.165) is 42.9 Å². The van der Waals surface area contributed by atoms with E-state index in [4.69, 9.17) is 5.73 Å². The molecule has 0 radical (unpaired) electrons. The van der Waals surface area contributed by atoms with Crippen molar-refractivity contribution in [2.24, 2.45) is 5.41 Å². The van der Waals surface area contributed by atoms with E-state index in [2.05, 4.69) is 10.2 Å². The van der Waals surface area contributed by atoms with E-state index in [9.17, 15) is 4.79 Å². The van der Waals surface area contributed by atoms with Gasteiger partial charge in [-0.1, -0.05) is 6.42 Å². The molecule has 1 aliphatic heterocycles. The van der Waals surface area contributed by atoms with Crippen LogP contribution in [0.1, 0.15) is 19.3 Å². The molecule has 4 heteroatoms. The summed E-state index contributed by atoms with van der Waals surface area (Å²) in [4.78, 5) is 14.4. The summed E-state index contributed by atoms with van der Waals surface area (Å²) in [7, 11) is 2.03. The zero-order valence-corrected chi connectivity index (χ0v) is 9.99. The number of anilines is 3. The van der Waals surface area contributed by atoms with Crippen LogP contribution < -0.4 is 16.0 Å². The van der Waals surface area contributed by atoms with Crippen LogP contribution in [0.5, 0.6) is 0 Å². The van der Waals surface area contributed by atoms with Crippen LogP contribution in [0, 0.1) is 5.41 Å². The lowest BCUT2D eigenvalue weighted by atomic mass is 9.68. The summed E-state index contributed by atoms with van der Waals surface area (Å²) in [6, 6.07) is 5.63. The SMILES string of the molecule is CN1CC2(CCC2)C(=O)Nc2ccc(N)cc21. The molecular formula is C13H17N3O. The van der Waals surface area contributed by atoms with Gasteiger partial charge in [0.1, 0.15) is 0 Å². The maximum absolute atomic E-state index is 12.2. The predicted octanol–water partition coefficient (Wildman–Crippen LogP) is 1.83. The van der Waals surface area contributed by atoms with Crippen LogP contribution in [0.3, 0.4) is 0 Å². The molecule has 1 heterocycles. The summed E-state index contributed by atoms with van der Waals surface area (Å²) in [6.45, 7) is 0.787. The van der Waals surface area contributed by atoms with Gasteiger partial charge in [0.05, 0.1) is 16.8 Å². The van der Waals surface area contributed by atoms with Gasteiger partial charge >= 0.3 is 0 Å². The zero-order valence-electron chi connectivity index (χ0n) is 9.99. The quantitative estimate of drug-likeness (QED) is 0.670. The van der Waals surface area contributed by atoms with Crippen molar-refractivity contribution in [3.8, 4) is 0 Å². The van der Waals surface area contributed by atoms with Crippen molar-refractivity contribution in [2.45, 2.75) is 19.3 Å². The molecule has 1 aromatic rings. The van der Waals surface area contributed by atoms with Crippen LogP contribution in [0.25, 0.3) is 0 Å². The van der Waals surface area contributed by atoms with Gasteiger partial charge in [0.15, 0.2) is 0 Å². The lowest BCUT2D eigenvalue weighted by molar-refractivity contribution is -0.129. The molecule has 1 aromatic carbocycles. The van der Waals surface area contributed by atoms with Crippen LogP contribution in [0.2, 0.25) is 0 Å². The van der Waals surface area contributed by atoms with Crippen LogP contribution in [-0.2, 0) is 4.79 Å². The number of fused-ring (bicyclic) bond motifs is 1. The first-order valence-electron chi connectivity index (χ1n) is 6.03. The van der Waals surface area contributed by atoms with Crippen molar-refractivity contribution in [3.05, 3.63) is 18.2 Å². The average Bonchev–Trinajstić information content (AvgIpc) is 2.35. The first kappa shape index (κ1) is 10.4. The number of carbonyl (C=O) groups is 1. The van der Waals surface area contributed by atoms with E-state index in [1.54, 1.807) is 0 Å². The molecule has 90 valence electrons. The van der Waals surface area contributed by atoms with E-state index < -0.39 is 0 Å². The first-order chi connectivity index (χ1) is 8.11. The molecule has 1 fully saturated rings. The number of rotatable bonds is 0. The number of benzene rings is 1. The van der Waals surface area contributed by atoms with Gasteiger partial charge in [0, 0.05) is 19.3 Å². The second-order valence-electron chi connectivity index (χ2n) is 5.22. The third kappa shape index (κ3) is 1.47. The lowest BCUT2D eigenvalue weighted by Crippen LogP contribution is -2.47. The molecule has 0 bridgehead atoms. The highest BCUT2D eigenvalue weighted by molar-refractivity contribution is 6.01. The molecule has 0 unspecified atom stereocenters. The molecule has 1 aliphatic carbocycles. The molecule has 2 aliphatic rings. The largest absolute Gasteiger partial charge is 0.399 e. The summed E-state index contributed by atoms with van der Waals surface area (Å²) >= 11 is 0. The smallest absolute Gasteiger partial charge is 0.232 e. The Hall–Kier alpha value is -1.71. The first-order valence-corrected chi connectivity index (χ1v) is 6.03. The number of amides is 1. The Kier molecular flexibility index (Phi) is 2.08. The molecule has 1 saturated carbocycles. The Labute approximate surface area is 101 Å². The molecule has 4 nitrogen and oxygen atoms in total. The topological polar surface area (TPSA) is 58.4 Å². The van der Waals surface area contributed by atoms with Crippen molar-refractivity contribution in [2.75, 3.05) is 29.5 Å². The standard InChI is InChI=1S/C13H17N3O/c1-16-8-13(5-2-6-13)12(17)15-10-4-3-9(14)7-11(10)16/h3-4,7H,2,5-6,8,14H2,1H3,(H,15,17). The number of nitrogens with two attached hydrogens (primary N) is 1. The van der Waals surface area contributed by atoms with Crippen LogP contribution in [0.15, 0.2) is 18.2 Å². The van der Waals surface area contributed by atoms with Crippen LogP contribution in [0.4, 0.5) is 17.1 Å². The lowest BCUT2D eigenvalue weighted by Gasteiger charge is -2.40. The Bertz CT molecular complexity index is 480. The van der Waals surface area contributed by atoms with Gasteiger partial charge in [-0.25, -0.2) is 0 Å². The van der Waals surface area contributed by atoms with E-state index in [0.29, 0.717) is 0 Å². The van der Waals surface area contributed by atoms with Crippen LogP contribution >= 0.6 is 0 Å². The van der Waals surface area contributed by atoms with Gasteiger partial charge in [-0.2, -0.15) is 0 Å². The Morgan fingerprint density at radius 3 is 2.82 bits per heavy atom. The van der Waals surface area contributed by atoms with Gasteiger partial charge in [-0.15, -0.1) is 0 Å². The average molecular weight is 231 g/mol. The van der Waals surface area contributed by atoms with Crippen molar-refractivity contribution in [3.63, 3.8) is 0 Å². The number of nitrogens with one attached hydrogen (secondary N) is 1. The second-order valence-corrected chi connectivity index (χ2v) is 5.22. The number of hydrogen-bond acceptors (Lipinski definition) is 3. The minimum absolute atomic E-state index is 0.166. The van der Waals surface area contributed by atoms with E-state index in [1.165, 1.54) is 0 Å². The normalized spacial score (nSPS) is 21.5. The number of nitrogens with zero attached hydrogens (tertiary/aromatic N) is 1. The molecule has 3 N–H and O–H groups in total. The Balaban J connectivity index is 2.03. The third-order valence-electron chi connectivity index (χ3n) is 4.01. The minimum atomic E-state index is -0.178. The molecule has 1 amide bonds. The van der Waals surface area contributed by atoms with Crippen molar-refractivity contribution in [1.82, 2.24) is 0 Å². The molecule has 0 aromatic heterocycles. The van der Waals surface area contributed by atoms with Gasteiger partial charge in [-0.3, -0.25) is 4.79 Å². The van der Waals surface area contributed by atoms with Crippen molar-refractivity contribution in [1.29, 1.82) is 0 Å². The number of nitrogen functional groups attached to an aromatic ring is 1. The highest BCUT2D eigenvalue weighted by Crippen LogP contribution is 2.46. The van der Waals surface area contributed by atoms with Gasteiger partial charge in [0.25, 0.3) is 0 Å². The molecule has 17 heavy (non-hydrogen) atoms. The Morgan fingerprint density at radius 1 is 1.41 bits per heavy atom. The maximum Gasteiger partial charge on any atom is 0.232 e. The highest BCUT2D eigenvalue weighted by atomic mass is 16.2. The summed E-state index contributed by atoms with van der Waals surface area (Å²) in [5.74, 6) is 0.166. The van der Waals surface area contributed by atoms with E-state index in [-0.39, 0.29) is 11.3 Å². The van der Waals surface area contributed by atoms with Crippen LogP contribution in [-0.4, -0.2) is 19.5 Å². The van der Waals surface area contributed by atoms with Gasteiger partial charge in [0.2, 0.25) is 5.91 Å². The summed E-state index contributed by atoms with van der Waals surface area (Å²) in [6.07, 6.45) is 3.14. The molecular weight excluding hydrogens is 214 g/mol. The summed E-state index contributed by atoms with van der Waals surface area (Å²) < 4.78 is 0. The van der Waals surface area contributed by atoms with E-state index in [1.807, 2.05) is 25.2 Å². The highest BCUT2D eigenvalue weighted by Gasteiger charge is 2.46. The monoisotopic (exact) mass is 231 g/mol. The number of hydrogen-bond donors (Lipinski definition) is 2. The van der Waals surface area contributed by atoms with Gasteiger partial charge in [-0.05, 0) is 31.0 Å². The Morgan fingerprint density at radius 2 is 2.18 bits per heavy atom. The fraction of sp³-hybridized carbons (Fsp3) is 0.462. The maximum atomic E-state index is 12.2.